The number of sulfonamides is 1. The van der Waals surface area contributed by atoms with Crippen molar-refractivity contribution in [2.45, 2.75) is 13.5 Å². The van der Waals surface area contributed by atoms with Crippen LogP contribution in [0, 0.1) is 0 Å². The van der Waals surface area contributed by atoms with Crippen LogP contribution in [0.15, 0.2) is 10.9 Å². The van der Waals surface area contributed by atoms with Gasteiger partial charge >= 0.3 is 0 Å². The Morgan fingerprint density at radius 1 is 1.62 bits per heavy atom. The summed E-state index contributed by atoms with van der Waals surface area (Å²) in [5.41, 5.74) is 2.49. The molecule has 0 aliphatic rings. The quantitative estimate of drug-likeness (QED) is 0.758. The Hall–Kier alpha value is -0.460. The lowest BCUT2D eigenvalue weighted by Crippen LogP contribution is -2.27. The lowest BCUT2D eigenvalue weighted by Gasteiger charge is -2.13. The fraction of sp³-hybridized carbons (Fsp3) is 0.571. The molecule has 0 saturated heterocycles. The highest BCUT2D eigenvalue weighted by Gasteiger charge is 2.15. The zero-order chi connectivity index (χ0) is 9.90. The number of hydrogen-bond donors (Lipinski definition) is 0. The van der Waals surface area contributed by atoms with Crippen molar-refractivity contribution in [2.24, 2.45) is 0 Å². The van der Waals surface area contributed by atoms with E-state index in [0.29, 0.717) is 6.54 Å². The van der Waals surface area contributed by atoms with E-state index in [0.717, 1.165) is 5.69 Å². The van der Waals surface area contributed by atoms with E-state index in [2.05, 4.69) is 4.98 Å². The maximum Gasteiger partial charge on any atom is 0.213 e. The van der Waals surface area contributed by atoms with Crippen molar-refractivity contribution in [1.29, 1.82) is 0 Å². The van der Waals surface area contributed by atoms with Crippen molar-refractivity contribution in [2.75, 3.05) is 12.8 Å². The molecule has 1 aromatic heterocycles. The molecule has 0 aliphatic heterocycles. The maximum absolute atomic E-state index is 11.3. The standard InChI is InChI=1S/C7H12N2O2S2/c1-3-13(10,11)9(2)4-7-5-12-6-8-7/h5-6H,3-4H2,1-2H3. The molecule has 0 amide bonds. The monoisotopic (exact) mass is 220 g/mol. The third-order valence-electron chi connectivity index (χ3n) is 1.71. The van der Waals surface area contributed by atoms with Gasteiger partial charge in [0.1, 0.15) is 0 Å². The summed E-state index contributed by atoms with van der Waals surface area (Å²) in [6, 6.07) is 0. The second-order valence-corrected chi connectivity index (χ2v) is 5.72. The van der Waals surface area contributed by atoms with Gasteiger partial charge in [0.15, 0.2) is 0 Å². The van der Waals surface area contributed by atoms with Crippen molar-refractivity contribution in [3.63, 3.8) is 0 Å². The van der Waals surface area contributed by atoms with Crippen LogP contribution in [0.4, 0.5) is 0 Å². The molecule has 13 heavy (non-hydrogen) atoms. The van der Waals surface area contributed by atoms with Crippen LogP contribution in [0.5, 0.6) is 0 Å². The van der Waals surface area contributed by atoms with Gasteiger partial charge in [-0.2, -0.15) is 4.31 Å². The molecule has 0 aromatic carbocycles. The largest absolute Gasteiger partial charge is 0.248 e. The van der Waals surface area contributed by atoms with Crippen LogP contribution in [0.1, 0.15) is 12.6 Å². The molecule has 1 aromatic rings. The molecule has 0 N–H and O–H groups in total. The summed E-state index contributed by atoms with van der Waals surface area (Å²) in [5, 5.41) is 1.85. The minimum atomic E-state index is -3.08. The van der Waals surface area contributed by atoms with Gasteiger partial charge < -0.3 is 0 Å². The lowest BCUT2D eigenvalue weighted by molar-refractivity contribution is 0.464. The third kappa shape index (κ3) is 2.75. The summed E-state index contributed by atoms with van der Waals surface area (Å²) >= 11 is 1.47. The first-order valence-corrected chi connectivity index (χ1v) is 6.42. The highest BCUT2D eigenvalue weighted by atomic mass is 32.2. The first kappa shape index (κ1) is 10.6. The predicted octanol–water partition coefficient (Wildman–Crippen LogP) is 0.925. The van der Waals surface area contributed by atoms with Crippen LogP contribution >= 0.6 is 11.3 Å². The summed E-state index contributed by atoms with van der Waals surface area (Å²) < 4.78 is 24.0. The molecule has 1 heterocycles. The van der Waals surface area contributed by atoms with Crippen LogP contribution in [0.25, 0.3) is 0 Å². The molecule has 0 unspecified atom stereocenters. The topological polar surface area (TPSA) is 50.3 Å². The van der Waals surface area contributed by atoms with Gasteiger partial charge in [0.25, 0.3) is 0 Å². The Kier molecular flexibility index (Phi) is 3.40. The molecule has 74 valence electrons. The van der Waals surface area contributed by atoms with E-state index in [-0.39, 0.29) is 5.75 Å². The normalized spacial score (nSPS) is 12.2. The van der Waals surface area contributed by atoms with E-state index >= 15 is 0 Å². The van der Waals surface area contributed by atoms with E-state index in [1.165, 1.54) is 15.6 Å². The molecular formula is C7H12N2O2S2. The molecule has 0 spiro atoms. The van der Waals surface area contributed by atoms with Crippen molar-refractivity contribution in [3.8, 4) is 0 Å². The highest BCUT2D eigenvalue weighted by Crippen LogP contribution is 2.07. The van der Waals surface area contributed by atoms with E-state index in [4.69, 9.17) is 0 Å². The van der Waals surface area contributed by atoms with Gasteiger partial charge in [0, 0.05) is 12.4 Å². The fourth-order valence-electron chi connectivity index (χ4n) is 0.862. The van der Waals surface area contributed by atoms with Crippen molar-refractivity contribution >= 4 is 21.4 Å². The first-order valence-electron chi connectivity index (χ1n) is 3.87. The molecule has 6 heteroatoms. The Labute approximate surface area is 82.3 Å². The lowest BCUT2D eigenvalue weighted by atomic mass is 10.5. The third-order valence-corrected chi connectivity index (χ3v) is 4.15. The van der Waals surface area contributed by atoms with E-state index < -0.39 is 10.0 Å². The van der Waals surface area contributed by atoms with Gasteiger partial charge in [-0.05, 0) is 6.92 Å². The zero-order valence-electron chi connectivity index (χ0n) is 7.60. The number of hydrogen-bond acceptors (Lipinski definition) is 4. The van der Waals surface area contributed by atoms with Gasteiger partial charge in [-0.15, -0.1) is 11.3 Å². The Bertz CT molecular complexity index is 345. The van der Waals surface area contributed by atoms with Crippen molar-refractivity contribution < 1.29 is 8.42 Å². The zero-order valence-corrected chi connectivity index (χ0v) is 9.23. The van der Waals surface area contributed by atoms with Gasteiger partial charge in [-0.3, -0.25) is 0 Å². The predicted molar refractivity (Wildman–Crippen MR) is 53.0 cm³/mol. The summed E-state index contributed by atoms with van der Waals surface area (Å²) in [6.07, 6.45) is 0. The average Bonchev–Trinajstić information content (AvgIpc) is 2.57. The summed E-state index contributed by atoms with van der Waals surface area (Å²) in [4.78, 5) is 4.02. The smallest absolute Gasteiger partial charge is 0.213 e. The number of rotatable bonds is 4. The molecule has 0 atom stereocenters. The first-order chi connectivity index (χ1) is 6.06. The van der Waals surface area contributed by atoms with Crippen LogP contribution in [-0.4, -0.2) is 30.5 Å². The SMILES string of the molecule is CCS(=O)(=O)N(C)Cc1cscn1. The van der Waals surface area contributed by atoms with Crippen LogP contribution in [0.3, 0.4) is 0 Å². The molecule has 1 rings (SSSR count). The van der Waals surface area contributed by atoms with E-state index in [1.54, 1.807) is 19.5 Å². The van der Waals surface area contributed by atoms with E-state index in [1.807, 2.05) is 5.38 Å². The minimum absolute atomic E-state index is 0.133. The minimum Gasteiger partial charge on any atom is -0.248 e. The Morgan fingerprint density at radius 3 is 2.77 bits per heavy atom. The molecule has 0 bridgehead atoms. The summed E-state index contributed by atoms with van der Waals surface area (Å²) in [5.74, 6) is 0.133. The van der Waals surface area contributed by atoms with Gasteiger partial charge in [-0.25, -0.2) is 13.4 Å². The molecule has 0 saturated carbocycles. The molecule has 0 fully saturated rings. The number of aromatic nitrogens is 1. The molecular weight excluding hydrogens is 208 g/mol. The van der Waals surface area contributed by atoms with Crippen LogP contribution in [0.2, 0.25) is 0 Å². The molecule has 0 radical (unpaired) electrons. The van der Waals surface area contributed by atoms with Crippen LogP contribution in [-0.2, 0) is 16.6 Å². The molecule has 0 aliphatic carbocycles. The van der Waals surface area contributed by atoms with Gasteiger partial charge in [-0.1, -0.05) is 0 Å². The van der Waals surface area contributed by atoms with Crippen molar-refractivity contribution in [3.05, 3.63) is 16.6 Å². The average molecular weight is 220 g/mol. The van der Waals surface area contributed by atoms with Crippen LogP contribution < -0.4 is 0 Å². The number of nitrogens with zero attached hydrogens (tertiary/aromatic N) is 2. The Balaban J connectivity index is 2.66. The molecule has 4 nitrogen and oxygen atoms in total. The second kappa shape index (κ2) is 4.17. The van der Waals surface area contributed by atoms with Crippen molar-refractivity contribution in [1.82, 2.24) is 9.29 Å². The number of thiazole rings is 1. The van der Waals surface area contributed by atoms with Gasteiger partial charge in [0.2, 0.25) is 10.0 Å². The fourth-order valence-corrected chi connectivity index (χ4v) is 2.18. The highest BCUT2D eigenvalue weighted by molar-refractivity contribution is 7.89. The van der Waals surface area contributed by atoms with E-state index in [9.17, 15) is 8.42 Å². The van der Waals surface area contributed by atoms with Gasteiger partial charge in [0.05, 0.1) is 23.5 Å². The maximum atomic E-state index is 11.3. The summed E-state index contributed by atoms with van der Waals surface area (Å²) in [6.45, 7) is 1.99. The second-order valence-electron chi connectivity index (χ2n) is 2.64. The Morgan fingerprint density at radius 2 is 2.31 bits per heavy atom. The summed E-state index contributed by atoms with van der Waals surface area (Å²) in [7, 11) is -1.51.